The van der Waals surface area contributed by atoms with Crippen LogP contribution < -0.4 is 0 Å². The highest BCUT2D eigenvalue weighted by Gasteiger charge is 2.20. The van der Waals surface area contributed by atoms with E-state index in [4.69, 9.17) is 0 Å². The normalized spacial score (nSPS) is 10.2. The van der Waals surface area contributed by atoms with Crippen LogP contribution in [0.3, 0.4) is 0 Å². The lowest BCUT2D eigenvalue weighted by Crippen LogP contribution is -2.03. The van der Waals surface area contributed by atoms with E-state index in [1.54, 1.807) is 19.1 Å². The predicted molar refractivity (Wildman–Crippen MR) is 66.8 cm³/mol. The summed E-state index contributed by atoms with van der Waals surface area (Å²) in [6.07, 6.45) is 0. The second-order valence-electron chi connectivity index (χ2n) is 3.87. The molecule has 0 saturated heterocycles. The number of hydrogen-bond acceptors (Lipinski definition) is 5. The first-order valence-corrected chi connectivity index (χ1v) is 5.42. The number of hydrogen-bond donors (Lipinski definition) is 1. The number of nitrogens with one attached hydrogen (secondary N) is 1. The van der Waals surface area contributed by atoms with Crippen molar-refractivity contribution in [1.82, 2.24) is 10.2 Å². The molecule has 0 aliphatic rings. The van der Waals surface area contributed by atoms with Crippen molar-refractivity contribution in [2.75, 3.05) is 7.11 Å². The molecule has 0 aliphatic heterocycles. The Morgan fingerprint density at radius 1 is 1.37 bits per heavy atom. The maximum Gasteiger partial charge on any atom is 0.359 e. The van der Waals surface area contributed by atoms with Crippen LogP contribution in [-0.2, 0) is 4.74 Å². The maximum absolute atomic E-state index is 11.6. The average Bonchev–Trinajstić information content (AvgIpc) is 2.80. The van der Waals surface area contributed by atoms with E-state index < -0.39 is 10.9 Å². The van der Waals surface area contributed by atoms with Gasteiger partial charge in [-0.25, -0.2) is 4.79 Å². The lowest BCUT2D eigenvalue weighted by Gasteiger charge is -2.02. The van der Waals surface area contributed by atoms with E-state index in [2.05, 4.69) is 14.9 Å². The molecular weight excluding hydrogens is 250 g/mol. The van der Waals surface area contributed by atoms with Crippen LogP contribution in [0.1, 0.15) is 16.2 Å². The molecule has 98 valence electrons. The minimum Gasteiger partial charge on any atom is -0.464 e. The zero-order valence-corrected chi connectivity index (χ0v) is 10.3. The number of methoxy groups -OCH3 is 1. The van der Waals surface area contributed by atoms with Crippen LogP contribution in [0.2, 0.25) is 0 Å². The highest BCUT2D eigenvalue weighted by molar-refractivity contribution is 5.96. The second-order valence-corrected chi connectivity index (χ2v) is 3.87. The van der Waals surface area contributed by atoms with Crippen LogP contribution >= 0.6 is 0 Å². The minimum absolute atomic E-state index is 0.00971. The summed E-state index contributed by atoms with van der Waals surface area (Å²) >= 11 is 0. The molecule has 0 spiro atoms. The summed E-state index contributed by atoms with van der Waals surface area (Å²) in [6, 6.07) is 5.90. The van der Waals surface area contributed by atoms with Gasteiger partial charge in [-0.05, 0) is 24.6 Å². The Morgan fingerprint density at radius 3 is 2.53 bits per heavy atom. The van der Waals surface area contributed by atoms with Crippen molar-refractivity contribution in [3.8, 4) is 11.1 Å². The van der Waals surface area contributed by atoms with Crippen LogP contribution in [0.25, 0.3) is 11.1 Å². The van der Waals surface area contributed by atoms with Crippen LogP contribution in [0.4, 0.5) is 5.69 Å². The number of rotatable bonds is 3. The maximum atomic E-state index is 11.6. The number of carbonyl (C=O) groups excluding carboxylic acids is 1. The van der Waals surface area contributed by atoms with Gasteiger partial charge in [-0.15, -0.1) is 0 Å². The zero-order valence-electron chi connectivity index (χ0n) is 10.3. The second kappa shape index (κ2) is 4.89. The Bertz CT molecular complexity index is 631. The van der Waals surface area contributed by atoms with Crippen molar-refractivity contribution in [3.05, 3.63) is 45.8 Å². The Morgan fingerprint density at radius 2 is 2.00 bits per heavy atom. The fraction of sp³-hybridized carbons (Fsp3) is 0.167. The van der Waals surface area contributed by atoms with Crippen molar-refractivity contribution in [2.24, 2.45) is 0 Å². The summed E-state index contributed by atoms with van der Waals surface area (Å²) in [4.78, 5) is 21.7. The van der Waals surface area contributed by atoms with E-state index >= 15 is 0 Å². The SMILES string of the molecule is COC(=O)c1n[nH]c(C)c1-c1ccc([N+](=O)[O-])cc1. The fourth-order valence-electron chi connectivity index (χ4n) is 1.78. The summed E-state index contributed by atoms with van der Waals surface area (Å²) in [5.74, 6) is -0.558. The first kappa shape index (κ1) is 12.7. The lowest BCUT2D eigenvalue weighted by atomic mass is 10.0. The largest absolute Gasteiger partial charge is 0.464 e. The molecule has 0 fully saturated rings. The van der Waals surface area contributed by atoms with Crippen molar-refractivity contribution in [1.29, 1.82) is 0 Å². The molecule has 0 amide bonds. The molecule has 7 heteroatoms. The quantitative estimate of drug-likeness (QED) is 0.518. The van der Waals surface area contributed by atoms with Gasteiger partial charge in [0, 0.05) is 23.4 Å². The molecule has 1 N–H and O–H groups in total. The number of aromatic nitrogens is 2. The molecule has 1 aromatic carbocycles. The van der Waals surface area contributed by atoms with Crippen LogP contribution in [-0.4, -0.2) is 28.2 Å². The smallest absolute Gasteiger partial charge is 0.359 e. The minimum atomic E-state index is -0.558. The average molecular weight is 261 g/mol. The van der Waals surface area contributed by atoms with Gasteiger partial charge < -0.3 is 4.74 Å². The summed E-state index contributed by atoms with van der Waals surface area (Å²) < 4.78 is 4.64. The number of nitro benzene ring substituents is 1. The lowest BCUT2D eigenvalue weighted by molar-refractivity contribution is -0.384. The van der Waals surface area contributed by atoms with Crippen LogP contribution in [0.15, 0.2) is 24.3 Å². The Balaban J connectivity index is 2.49. The predicted octanol–water partition coefficient (Wildman–Crippen LogP) is 2.08. The van der Waals surface area contributed by atoms with Gasteiger partial charge in [-0.3, -0.25) is 15.2 Å². The number of non-ortho nitro benzene ring substituents is 1. The number of ether oxygens (including phenoxy) is 1. The monoisotopic (exact) mass is 261 g/mol. The molecule has 7 nitrogen and oxygen atoms in total. The van der Waals surface area contributed by atoms with E-state index in [0.717, 1.165) is 0 Å². The molecule has 0 atom stereocenters. The van der Waals surface area contributed by atoms with E-state index in [1.807, 2.05) is 0 Å². The third-order valence-corrected chi connectivity index (χ3v) is 2.69. The number of nitrogens with zero attached hydrogens (tertiary/aromatic N) is 2. The van der Waals surface area contributed by atoms with Gasteiger partial charge in [-0.2, -0.15) is 5.10 Å². The van der Waals surface area contributed by atoms with Gasteiger partial charge in [0.05, 0.1) is 12.0 Å². The fourth-order valence-corrected chi connectivity index (χ4v) is 1.78. The first-order valence-electron chi connectivity index (χ1n) is 5.42. The number of nitro groups is 1. The van der Waals surface area contributed by atoms with Gasteiger partial charge in [0.15, 0.2) is 5.69 Å². The van der Waals surface area contributed by atoms with Gasteiger partial charge in [0.1, 0.15) is 0 Å². The molecular formula is C12H11N3O4. The van der Waals surface area contributed by atoms with Gasteiger partial charge in [-0.1, -0.05) is 0 Å². The topological polar surface area (TPSA) is 98.1 Å². The first-order chi connectivity index (χ1) is 9.04. The zero-order chi connectivity index (χ0) is 14.0. The Kier molecular flexibility index (Phi) is 3.28. The Hall–Kier alpha value is -2.70. The third-order valence-electron chi connectivity index (χ3n) is 2.69. The standard InChI is InChI=1S/C12H11N3O4/c1-7-10(11(14-13-7)12(16)19-2)8-3-5-9(6-4-8)15(17)18/h3-6H,1-2H3,(H,13,14). The summed E-state index contributed by atoms with van der Waals surface area (Å²) in [5, 5.41) is 17.2. The van der Waals surface area contributed by atoms with Gasteiger partial charge in [0.25, 0.3) is 5.69 Å². The third kappa shape index (κ3) is 2.30. The summed E-state index contributed by atoms with van der Waals surface area (Å²) in [6.45, 7) is 1.76. The number of H-pyrrole nitrogens is 1. The molecule has 0 unspecified atom stereocenters. The van der Waals surface area contributed by atoms with E-state index in [9.17, 15) is 14.9 Å². The highest BCUT2D eigenvalue weighted by atomic mass is 16.6. The Labute approximate surface area is 108 Å². The molecule has 0 radical (unpaired) electrons. The van der Waals surface area contributed by atoms with E-state index in [1.165, 1.54) is 19.2 Å². The van der Waals surface area contributed by atoms with Crippen LogP contribution in [0, 0.1) is 17.0 Å². The number of benzene rings is 1. The number of aromatic amines is 1. The molecule has 0 saturated carbocycles. The van der Waals surface area contributed by atoms with E-state index in [0.29, 0.717) is 16.8 Å². The molecule has 2 rings (SSSR count). The van der Waals surface area contributed by atoms with Crippen LogP contribution in [0.5, 0.6) is 0 Å². The van der Waals surface area contributed by atoms with Gasteiger partial charge in [0.2, 0.25) is 0 Å². The number of esters is 1. The number of carbonyl (C=O) groups is 1. The molecule has 1 heterocycles. The van der Waals surface area contributed by atoms with Crippen molar-refractivity contribution < 1.29 is 14.5 Å². The van der Waals surface area contributed by atoms with E-state index in [-0.39, 0.29) is 11.4 Å². The number of aryl methyl sites for hydroxylation is 1. The summed E-state index contributed by atoms with van der Waals surface area (Å²) in [7, 11) is 1.27. The molecule has 0 aliphatic carbocycles. The van der Waals surface area contributed by atoms with Crippen molar-refractivity contribution in [3.63, 3.8) is 0 Å². The summed E-state index contributed by atoms with van der Waals surface area (Å²) in [5.41, 5.74) is 2.09. The molecule has 1 aromatic heterocycles. The van der Waals surface area contributed by atoms with Gasteiger partial charge >= 0.3 is 5.97 Å². The molecule has 19 heavy (non-hydrogen) atoms. The van der Waals surface area contributed by atoms with Crippen molar-refractivity contribution in [2.45, 2.75) is 6.92 Å². The highest BCUT2D eigenvalue weighted by Crippen LogP contribution is 2.27. The molecule has 0 bridgehead atoms. The van der Waals surface area contributed by atoms with Crippen molar-refractivity contribution >= 4 is 11.7 Å². The molecule has 2 aromatic rings.